The van der Waals surface area contributed by atoms with Crippen LogP contribution in [-0.2, 0) is 17.7 Å². The maximum Gasteiger partial charge on any atom is 0.278 e. The zero-order chi connectivity index (χ0) is 21.8. The molecule has 0 radical (unpaired) electrons. The third-order valence-corrected chi connectivity index (χ3v) is 7.49. The van der Waals surface area contributed by atoms with E-state index in [4.69, 9.17) is 0 Å². The topological polar surface area (TPSA) is 48.3 Å². The molecular weight excluding hydrogens is 445 g/mol. The number of rotatable bonds is 7. The first kappa shape index (κ1) is 22.0. The van der Waals surface area contributed by atoms with Crippen LogP contribution in [0.5, 0.6) is 0 Å². The van der Waals surface area contributed by atoms with Crippen LogP contribution in [0, 0.1) is 5.82 Å². The Morgan fingerprint density at radius 2 is 1.84 bits per heavy atom. The maximum absolute atomic E-state index is 15.0. The molecule has 2 aliphatic rings. The van der Waals surface area contributed by atoms with Gasteiger partial charge in [-0.2, -0.15) is 22.0 Å². The second kappa shape index (κ2) is 9.97. The lowest BCUT2D eigenvalue weighted by Gasteiger charge is -2.32. The van der Waals surface area contributed by atoms with Crippen LogP contribution in [0.1, 0.15) is 17.5 Å². The van der Waals surface area contributed by atoms with Crippen LogP contribution in [0.3, 0.4) is 0 Å². The number of halogens is 3. The fourth-order valence-corrected chi connectivity index (χ4v) is 5.79. The summed E-state index contributed by atoms with van der Waals surface area (Å²) < 4.78 is 57.4. The molecule has 10 heteroatoms. The largest absolute Gasteiger partial charge is 0.278 e. The summed E-state index contributed by atoms with van der Waals surface area (Å²) in [6, 6.07) is 13.8. The molecule has 1 atom stereocenters. The number of thioether (sulfide) groups is 1. The summed E-state index contributed by atoms with van der Waals surface area (Å²) in [5.41, 5.74) is 1.51. The van der Waals surface area contributed by atoms with E-state index in [9.17, 15) is 17.4 Å². The molecule has 0 N–H and O–H groups in total. The summed E-state index contributed by atoms with van der Waals surface area (Å²) >= 11 is 0.363. The van der Waals surface area contributed by atoms with Gasteiger partial charge in [-0.3, -0.25) is 4.31 Å². The Labute approximate surface area is 185 Å². The number of benzene rings is 2. The van der Waals surface area contributed by atoms with E-state index in [2.05, 4.69) is 10.2 Å². The molecule has 164 valence electrons. The van der Waals surface area contributed by atoms with Crippen LogP contribution in [-0.4, -0.2) is 51.0 Å². The second-order valence-corrected chi connectivity index (χ2v) is 9.71. The number of para-hydroxylation sites is 1. The Kier molecular flexibility index (Phi) is 7.09. The van der Waals surface area contributed by atoms with E-state index in [-0.39, 0.29) is 18.7 Å². The van der Waals surface area contributed by atoms with Crippen LogP contribution in [0.25, 0.3) is 0 Å². The first-order valence-electron chi connectivity index (χ1n) is 9.80. The van der Waals surface area contributed by atoms with Gasteiger partial charge in [0.15, 0.2) is 11.2 Å². The van der Waals surface area contributed by atoms with Crippen LogP contribution in [0.15, 0.2) is 58.7 Å². The minimum atomic E-state index is -2.67. The number of hydrogen-bond acceptors (Lipinski definition) is 4. The van der Waals surface area contributed by atoms with Crippen molar-refractivity contribution in [3.8, 4) is 0 Å². The molecule has 5 nitrogen and oxygen atoms in total. The molecule has 2 aliphatic heterocycles. The van der Waals surface area contributed by atoms with E-state index in [1.807, 2.05) is 46.4 Å². The van der Waals surface area contributed by atoms with Crippen LogP contribution < -0.4 is 4.31 Å². The normalized spacial score (nSPS) is 18.1. The van der Waals surface area contributed by atoms with Gasteiger partial charge >= 0.3 is 0 Å². The maximum atomic E-state index is 15.0. The monoisotopic (exact) mass is 466 g/mol. The van der Waals surface area contributed by atoms with Gasteiger partial charge in [-0.05, 0) is 18.2 Å². The van der Waals surface area contributed by atoms with E-state index in [0.717, 1.165) is 17.2 Å². The summed E-state index contributed by atoms with van der Waals surface area (Å²) in [6.07, 6.45) is -2.77. The van der Waals surface area contributed by atoms with Gasteiger partial charge < -0.3 is 0 Å². The lowest BCUT2D eigenvalue weighted by atomic mass is 10.0. The molecule has 2 heterocycles. The zero-order valence-electron chi connectivity index (χ0n) is 16.6. The average molecular weight is 467 g/mol. The van der Waals surface area contributed by atoms with Gasteiger partial charge in [0.1, 0.15) is 11.5 Å². The van der Waals surface area contributed by atoms with Gasteiger partial charge in [0.25, 0.3) is 6.43 Å². The first-order chi connectivity index (χ1) is 15.0. The van der Waals surface area contributed by atoms with Crippen molar-refractivity contribution >= 4 is 40.0 Å². The number of anilines is 1. The van der Waals surface area contributed by atoms with Gasteiger partial charge in [-0.25, -0.2) is 21.7 Å². The quantitative estimate of drug-likeness (QED) is 0.612. The van der Waals surface area contributed by atoms with Crippen molar-refractivity contribution in [2.24, 2.45) is 10.2 Å². The summed E-state index contributed by atoms with van der Waals surface area (Å²) in [5, 5.41) is 7.25. The highest BCUT2D eigenvalue weighted by atomic mass is 32.2. The van der Waals surface area contributed by atoms with Gasteiger partial charge in [0.05, 0.1) is 17.9 Å². The summed E-state index contributed by atoms with van der Waals surface area (Å²) in [5.74, 6) is 1.31. The van der Waals surface area contributed by atoms with Crippen molar-refractivity contribution in [2.45, 2.75) is 19.4 Å². The van der Waals surface area contributed by atoms with E-state index >= 15 is 0 Å². The molecule has 0 amide bonds. The lowest BCUT2D eigenvalue weighted by Crippen LogP contribution is -2.42. The second-order valence-electron chi connectivity index (χ2n) is 7.07. The van der Waals surface area contributed by atoms with Crippen molar-refractivity contribution < 1.29 is 17.4 Å². The fraction of sp³-hybridized carbons (Fsp3) is 0.333. The Morgan fingerprint density at radius 1 is 1.10 bits per heavy atom. The first-order valence-corrected chi connectivity index (χ1v) is 12.0. The third kappa shape index (κ3) is 5.19. The molecule has 4 rings (SSSR count). The highest BCUT2D eigenvalue weighted by Crippen LogP contribution is 2.25. The van der Waals surface area contributed by atoms with E-state index < -0.39 is 23.4 Å². The summed E-state index contributed by atoms with van der Waals surface area (Å²) in [6.45, 7) is 1.51. The Morgan fingerprint density at radius 3 is 2.48 bits per heavy atom. The molecule has 0 saturated carbocycles. The number of hydrogen-bond donors (Lipinski definition) is 0. The minimum Gasteiger partial charge on any atom is -0.274 e. The molecule has 0 aromatic heterocycles. The fourth-order valence-electron chi connectivity index (χ4n) is 3.33. The van der Waals surface area contributed by atoms with Crippen molar-refractivity contribution in [3.63, 3.8) is 0 Å². The number of alkyl halides is 2. The predicted molar refractivity (Wildman–Crippen MR) is 121 cm³/mol. The molecule has 1 fully saturated rings. The van der Waals surface area contributed by atoms with Gasteiger partial charge in [0.2, 0.25) is 0 Å². The molecule has 2 aromatic rings. The van der Waals surface area contributed by atoms with E-state index in [1.54, 1.807) is 16.4 Å². The SMILES string of the molecule is O=S(N1CCSCC1)N(Cc1ccc(C2=NN=C(C(F)F)C2)cc1F)c1ccccc1. The standard InChI is InChI=1S/C21H21F3N4OS2/c22-18-12-15(19-13-20(21(23)24)26-25-19)6-7-16(18)14-28(17-4-2-1-3-5-17)31(29)27-8-10-30-11-9-27/h1-7,12,21H,8-11,13-14H2. The van der Waals surface area contributed by atoms with Gasteiger partial charge in [-0.1, -0.05) is 30.3 Å². The molecule has 31 heavy (non-hydrogen) atoms. The Bertz CT molecular complexity index is 1010. The molecule has 0 aliphatic carbocycles. The Balaban J connectivity index is 1.55. The average Bonchev–Trinajstić information content (AvgIpc) is 3.30. The van der Waals surface area contributed by atoms with Gasteiger partial charge in [-0.15, -0.1) is 0 Å². The Hall–Kier alpha value is -2.17. The van der Waals surface area contributed by atoms with Crippen LogP contribution in [0.4, 0.5) is 18.9 Å². The summed E-state index contributed by atoms with van der Waals surface area (Å²) in [4.78, 5) is 0. The van der Waals surface area contributed by atoms with Crippen molar-refractivity contribution in [1.82, 2.24) is 4.31 Å². The number of nitrogens with zero attached hydrogens (tertiary/aromatic N) is 4. The smallest absolute Gasteiger partial charge is 0.274 e. The van der Waals surface area contributed by atoms with Crippen molar-refractivity contribution in [1.29, 1.82) is 0 Å². The predicted octanol–water partition coefficient (Wildman–Crippen LogP) is 4.27. The lowest BCUT2D eigenvalue weighted by molar-refractivity contribution is 0.224. The summed E-state index contributed by atoms with van der Waals surface area (Å²) in [7, 11) is 0. The van der Waals surface area contributed by atoms with Crippen molar-refractivity contribution in [2.75, 3.05) is 28.9 Å². The molecule has 0 bridgehead atoms. The van der Waals surface area contributed by atoms with E-state index in [0.29, 0.717) is 29.9 Å². The molecular formula is C21H21F3N4OS2. The highest BCUT2D eigenvalue weighted by Gasteiger charge is 2.26. The zero-order valence-corrected chi connectivity index (χ0v) is 18.2. The molecule has 1 unspecified atom stereocenters. The molecule has 0 spiro atoms. The van der Waals surface area contributed by atoms with Gasteiger partial charge in [0, 0.05) is 42.1 Å². The van der Waals surface area contributed by atoms with E-state index in [1.165, 1.54) is 6.07 Å². The van der Waals surface area contributed by atoms with Crippen LogP contribution in [0.2, 0.25) is 0 Å². The minimum absolute atomic E-state index is 0.0937. The molecule has 2 aromatic carbocycles. The molecule has 1 saturated heterocycles. The highest BCUT2D eigenvalue weighted by molar-refractivity contribution is 7.99. The third-order valence-electron chi connectivity index (χ3n) is 5.02. The van der Waals surface area contributed by atoms with Crippen molar-refractivity contribution in [3.05, 3.63) is 65.5 Å². The van der Waals surface area contributed by atoms with Crippen LogP contribution >= 0.6 is 11.8 Å².